The van der Waals surface area contributed by atoms with Crippen LogP contribution in [0.2, 0.25) is 0 Å². The number of aryl methyl sites for hydroxylation is 2. The molecule has 0 bridgehead atoms. The molecule has 0 aliphatic carbocycles. The van der Waals surface area contributed by atoms with Gasteiger partial charge in [0.15, 0.2) is 0 Å². The minimum Gasteiger partial charge on any atom is -0.551 e. The van der Waals surface area contributed by atoms with Crippen molar-refractivity contribution >= 4 is 23.6 Å². The molecule has 0 spiro atoms. The Morgan fingerprint density at radius 2 is 1.20 bits per heavy atom. The Labute approximate surface area is 151 Å². The molecular formula is C23H23BO. The van der Waals surface area contributed by atoms with Gasteiger partial charge in [-0.25, -0.2) is 0 Å². The standard InChI is InChI=1S/C23H23BO/c1-4-23(20-8-6-5-7-9-20)25-24(21-14-10-18(2)11-15-21)22-16-12-19(3)13-17-22/h4-17H,1-3H3/b23-4-. The molecule has 0 fully saturated rings. The van der Waals surface area contributed by atoms with Crippen LogP contribution in [0.4, 0.5) is 0 Å². The molecule has 0 aromatic heterocycles. The zero-order valence-corrected chi connectivity index (χ0v) is 15.1. The van der Waals surface area contributed by atoms with Gasteiger partial charge in [-0.2, -0.15) is 0 Å². The van der Waals surface area contributed by atoms with Crippen molar-refractivity contribution in [2.45, 2.75) is 20.8 Å². The van der Waals surface area contributed by atoms with E-state index in [1.807, 2.05) is 31.2 Å². The van der Waals surface area contributed by atoms with Crippen LogP contribution >= 0.6 is 0 Å². The SMILES string of the molecule is C/C=C(\OB(c1ccc(C)cc1)c1ccc(C)cc1)c1ccccc1. The zero-order chi connectivity index (χ0) is 17.6. The van der Waals surface area contributed by atoms with Gasteiger partial charge in [0, 0.05) is 5.56 Å². The van der Waals surface area contributed by atoms with Gasteiger partial charge in [-0.05, 0) is 37.8 Å². The van der Waals surface area contributed by atoms with Crippen molar-refractivity contribution in [3.8, 4) is 0 Å². The highest BCUT2D eigenvalue weighted by molar-refractivity contribution is 6.80. The summed E-state index contributed by atoms with van der Waals surface area (Å²) in [6.07, 6.45) is 2.03. The third kappa shape index (κ3) is 4.22. The van der Waals surface area contributed by atoms with Crippen LogP contribution in [-0.2, 0) is 4.65 Å². The lowest BCUT2D eigenvalue weighted by Gasteiger charge is -2.19. The molecule has 0 atom stereocenters. The maximum atomic E-state index is 6.50. The molecule has 3 rings (SSSR count). The number of allylic oxidation sites excluding steroid dienone is 1. The molecule has 124 valence electrons. The van der Waals surface area contributed by atoms with E-state index in [-0.39, 0.29) is 6.92 Å². The molecule has 0 radical (unpaired) electrons. The van der Waals surface area contributed by atoms with Crippen LogP contribution < -0.4 is 10.9 Å². The Morgan fingerprint density at radius 1 is 0.720 bits per heavy atom. The summed E-state index contributed by atoms with van der Waals surface area (Å²) in [6.45, 7) is 6.09. The predicted octanol–water partition coefficient (Wildman–Crippen LogP) is 4.49. The summed E-state index contributed by atoms with van der Waals surface area (Å²) in [6, 6.07) is 27.4. The largest absolute Gasteiger partial charge is 0.551 e. The third-order valence-electron chi connectivity index (χ3n) is 4.33. The van der Waals surface area contributed by atoms with Gasteiger partial charge in [-0.15, -0.1) is 0 Å². The number of hydrogen-bond donors (Lipinski definition) is 0. The van der Waals surface area contributed by atoms with Gasteiger partial charge in [0.2, 0.25) is 0 Å². The summed E-state index contributed by atoms with van der Waals surface area (Å²) < 4.78 is 6.50. The van der Waals surface area contributed by atoms with E-state index < -0.39 is 0 Å². The van der Waals surface area contributed by atoms with Gasteiger partial charge < -0.3 is 4.65 Å². The molecule has 0 N–H and O–H groups in total. The van der Waals surface area contributed by atoms with Crippen molar-refractivity contribution in [2.75, 3.05) is 0 Å². The van der Waals surface area contributed by atoms with E-state index in [0.29, 0.717) is 0 Å². The average Bonchev–Trinajstić information content (AvgIpc) is 2.65. The first-order chi connectivity index (χ1) is 12.2. The van der Waals surface area contributed by atoms with Crippen LogP contribution in [0.1, 0.15) is 23.6 Å². The molecule has 0 unspecified atom stereocenters. The van der Waals surface area contributed by atoms with Gasteiger partial charge in [0.25, 0.3) is 0 Å². The molecule has 1 nitrogen and oxygen atoms in total. The van der Waals surface area contributed by atoms with Crippen molar-refractivity contribution in [3.63, 3.8) is 0 Å². The summed E-state index contributed by atoms with van der Waals surface area (Å²) >= 11 is 0. The van der Waals surface area contributed by atoms with E-state index in [1.54, 1.807) is 0 Å². The molecule has 3 aromatic rings. The quantitative estimate of drug-likeness (QED) is 0.496. The van der Waals surface area contributed by atoms with Crippen LogP contribution in [0.3, 0.4) is 0 Å². The summed E-state index contributed by atoms with van der Waals surface area (Å²) in [5.41, 5.74) is 5.91. The first-order valence-electron chi connectivity index (χ1n) is 8.69. The molecule has 0 saturated carbocycles. The molecule has 3 aromatic carbocycles. The van der Waals surface area contributed by atoms with Crippen LogP contribution in [0.25, 0.3) is 5.76 Å². The van der Waals surface area contributed by atoms with E-state index >= 15 is 0 Å². The molecule has 25 heavy (non-hydrogen) atoms. The second kappa shape index (κ2) is 7.89. The van der Waals surface area contributed by atoms with Crippen molar-refractivity contribution in [1.82, 2.24) is 0 Å². The van der Waals surface area contributed by atoms with Crippen LogP contribution in [0.15, 0.2) is 84.9 Å². The normalized spacial score (nSPS) is 11.2. The smallest absolute Gasteiger partial charge is 0.426 e. The number of rotatable bonds is 5. The van der Waals surface area contributed by atoms with E-state index in [0.717, 1.165) is 22.2 Å². The highest BCUT2D eigenvalue weighted by atomic mass is 16.4. The lowest BCUT2D eigenvalue weighted by molar-refractivity contribution is 0.547. The topological polar surface area (TPSA) is 9.23 Å². The summed E-state index contributed by atoms with van der Waals surface area (Å²) in [7, 11) is 0. The molecule has 0 aliphatic heterocycles. The Morgan fingerprint density at radius 3 is 1.64 bits per heavy atom. The first kappa shape index (κ1) is 17.1. The van der Waals surface area contributed by atoms with E-state index in [2.05, 4.69) is 74.5 Å². The molecule has 0 aliphatic rings. The fourth-order valence-electron chi connectivity index (χ4n) is 2.84. The second-order valence-electron chi connectivity index (χ2n) is 6.34. The van der Waals surface area contributed by atoms with Crippen LogP contribution in [0, 0.1) is 13.8 Å². The van der Waals surface area contributed by atoms with Crippen LogP contribution in [-0.4, -0.2) is 6.92 Å². The second-order valence-corrected chi connectivity index (χ2v) is 6.34. The predicted molar refractivity (Wildman–Crippen MR) is 109 cm³/mol. The molecule has 0 saturated heterocycles. The Kier molecular flexibility index (Phi) is 5.40. The highest BCUT2D eigenvalue weighted by Gasteiger charge is 2.24. The van der Waals surface area contributed by atoms with Gasteiger partial charge in [-0.1, -0.05) is 90.0 Å². The Balaban J connectivity index is 1.98. The van der Waals surface area contributed by atoms with Gasteiger partial charge in [0.05, 0.1) is 0 Å². The monoisotopic (exact) mass is 326 g/mol. The minimum atomic E-state index is -0.132. The molecule has 0 heterocycles. The minimum absolute atomic E-state index is 0.132. The van der Waals surface area contributed by atoms with Crippen molar-refractivity contribution in [3.05, 3.63) is 102 Å². The lowest BCUT2D eigenvalue weighted by atomic mass is 9.55. The zero-order valence-electron chi connectivity index (χ0n) is 15.1. The summed E-state index contributed by atoms with van der Waals surface area (Å²) in [4.78, 5) is 0. The first-order valence-corrected chi connectivity index (χ1v) is 8.69. The average molecular weight is 326 g/mol. The Hall–Kier alpha value is -2.74. The van der Waals surface area contributed by atoms with E-state index in [9.17, 15) is 0 Å². The maximum Gasteiger partial charge on any atom is 0.426 e. The summed E-state index contributed by atoms with van der Waals surface area (Å²) in [5.74, 6) is 0.895. The van der Waals surface area contributed by atoms with Gasteiger partial charge in [-0.3, -0.25) is 0 Å². The Bertz CT molecular complexity index is 788. The molecule has 2 heteroatoms. The number of hydrogen-bond acceptors (Lipinski definition) is 1. The third-order valence-corrected chi connectivity index (χ3v) is 4.33. The molecule has 0 amide bonds. The maximum absolute atomic E-state index is 6.50. The van der Waals surface area contributed by atoms with E-state index in [1.165, 1.54) is 11.1 Å². The summed E-state index contributed by atoms with van der Waals surface area (Å²) in [5, 5.41) is 0. The fraction of sp³-hybridized carbons (Fsp3) is 0.130. The van der Waals surface area contributed by atoms with Crippen molar-refractivity contribution in [2.24, 2.45) is 0 Å². The fourth-order valence-corrected chi connectivity index (χ4v) is 2.84. The van der Waals surface area contributed by atoms with Crippen molar-refractivity contribution in [1.29, 1.82) is 0 Å². The van der Waals surface area contributed by atoms with Crippen LogP contribution in [0.5, 0.6) is 0 Å². The molecular weight excluding hydrogens is 303 g/mol. The lowest BCUT2D eigenvalue weighted by Crippen LogP contribution is -2.44. The van der Waals surface area contributed by atoms with Crippen molar-refractivity contribution < 1.29 is 4.65 Å². The highest BCUT2D eigenvalue weighted by Crippen LogP contribution is 2.17. The van der Waals surface area contributed by atoms with Gasteiger partial charge >= 0.3 is 6.92 Å². The van der Waals surface area contributed by atoms with Gasteiger partial charge in [0.1, 0.15) is 5.76 Å². The van der Waals surface area contributed by atoms with E-state index in [4.69, 9.17) is 4.65 Å². The number of benzene rings is 3.